The lowest BCUT2D eigenvalue weighted by molar-refractivity contribution is 0.511. The Balaban J connectivity index is 1.99. The number of nitrogens with zero attached hydrogens (tertiary/aromatic N) is 2. The predicted molar refractivity (Wildman–Crippen MR) is 79.6 cm³/mol. The summed E-state index contributed by atoms with van der Waals surface area (Å²) in [5, 5.41) is 4.34. The van der Waals surface area contributed by atoms with Crippen molar-refractivity contribution in [3.8, 4) is 0 Å². The van der Waals surface area contributed by atoms with Crippen LogP contribution in [-0.4, -0.2) is 15.6 Å². The highest BCUT2D eigenvalue weighted by atomic mass is 35.5. The summed E-state index contributed by atoms with van der Waals surface area (Å²) >= 11 is 6.36. The van der Waals surface area contributed by atoms with Crippen LogP contribution in [0.4, 0.5) is 0 Å². The van der Waals surface area contributed by atoms with E-state index in [0.29, 0.717) is 12.1 Å². The van der Waals surface area contributed by atoms with E-state index in [1.54, 1.807) is 0 Å². The molecule has 1 aliphatic carbocycles. The van der Waals surface area contributed by atoms with Crippen LogP contribution in [0.2, 0.25) is 5.02 Å². The fourth-order valence-electron chi connectivity index (χ4n) is 2.42. The van der Waals surface area contributed by atoms with Gasteiger partial charge in [0, 0.05) is 12.1 Å². The summed E-state index contributed by atoms with van der Waals surface area (Å²) in [6.45, 7) is 5.21. The Morgan fingerprint density at radius 1 is 1.47 bits per heavy atom. The van der Waals surface area contributed by atoms with E-state index in [-0.39, 0.29) is 0 Å². The van der Waals surface area contributed by atoms with Crippen molar-refractivity contribution in [1.82, 2.24) is 14.9 Å². The highest BCUT2D eigenvalue weighted by molar-refractivity contribution is 6.35. The van der Waals surface area contributed by atoms with Crippen molar-refractivity contribution in [1.29, 1.82) is 0 Å². The maximum atomic E-state index is 6.36. The summed E-state index contributed by atoms with van der Waals surface area (Å²) in [5.41, 5.74) is 2.12. The van der Waals surface area contributed by atoms with Crippen molar-refractivity contribution in [3.05, 3.63) is 29.0 Å². The van der Waals surface area contributed by atoms with Crippen molar-refractivity contribution in [2.45, 2.75) is 51.7 Å². The molecule has 0 saturated heterocycles. The molecule has 3 nitrogen and oxygen atoms in total. The van der Waals surface area contributed by atoms with Gasteiger partial charge in [-0.2, -0.15) is 0 Å². The second-order valence-corrected chi connectivity index (χ2v) is 5.83. The number of benzene rings is 1. The quantitative estimate of drug-likeness (QED) is 0.898. The first-order valence-corrected chi connectivity index (χ1v) is 7.47. The monoisotopic (exact) mass is 277 g/mol. The van der Waals surface area contributed by atoms with Gasteiger partial charge in [-0.25, -0.2) is 4.98 Å². The maximum Gasteiger partial charge on any atom is 0.124 e. The van der Waals surface area contributed by atoms with Crippen LogP contribution in [0.3, 0.4) is 0 Å². The molecule has 1 fully saturated rings. The number of imidazole rings is 1. The van der Waals surface area contributed by atoms with E-state index >= 15 is 0 Å². The van der Waals surface area contributed by atoms with Crippen LogP contribution in [-0.2, 0) is 6.54 Å². The summed E-state index contributed by atoms with van der Waals surface area (Å²) in [6, 6.07) is 7.09. The number of halogens is 1. The first-order valence-electron chi connectivity index (χ1n) is 7.09. The largest absolute Gasteiger partial charge is 0.323 e. The molecule has 1 aromatic heterocycles. The van der Waals surface area contributed by atoms with Gasteiger partial charge in [0.25, 0.3) is 0 Å². The van der Waals surface area contributed by atoms with Crippen LogP contribution in [0, 0.1) is 0 Å². The highest BCUT2D eigenvalue weighted by Crippen LogP contribution is 2.40. The van der Waals surface area contributed by atoms with Crippen LogP contribution < -0.4 is 5.32 Å². The third kappa shape index (κ3) is 2.49. The number of fused-ring (bicyclic) bond motifs is 1. The fraction of sp³-hybridized carbons (Fsp3) is 0.533. The molecule has 19 heavy (non-hydrogen) atoms. The van der Waals surface area contributed by atoms with Crippen molar-refractivity contribution in [3.63, 3.8) is 0 Å². The standard InChI is InChI=1S/C15H20ClN3/c1-3-10(2)17-9-14-18-13-6-4-5-12(16)15(13)19(14)11-7-8-11/h4-6,10-11,17H,3,7-9H2,1-2H3. The Kier molecular flexibility index (Phi) is 3.50. The van der Waals surface area contributed by atoms with E-state index in [0.717, 1.165) is 34.8 Å². The molecule has 1 aliphatic rings. The Labute approximate surface area is 119 Å². The number of rotatable bonds is 5. The minimum atomic E-state index is 0.517. The first-order chi connectivity index (χ1) is 9.20. The van der Waals surface area contributed by atoms with E-state index in [1.807, 2.05) is 18.2 Å². The Bertz CT molecular complexity index is 586. The lowest BCUT2D eigenvalue weighted by atomic mass is 10.2. The molecular formula is C15H20ClN3. The van der Waals surface area contributed by atoms with Gasteiger partial charge in [0.1, 0.15) is 5.82 Å². The van der Waals surface area contributed by atoms with E-state index in [4.69, 9.17) is 16.6 Å². The number of hydrogen-bond acceptors (Lipinski definition) is 2. The summed E-state index contributed by atoms with van der Waals surface area (Å²) in [7, 11) is 0. The zero-order chi connectivity index (χ0) is 13.4. The lowest BCUT2D eigenvalue weighted by Gasteiger charge is -2.13. The number of para-hydroxylation sites is 1. The van der Waals surface area contributed by atoms with Gasteiger partial charge < -0.3 is 9.88 Å². The highest BCUT2D eigenvalue weighted by Gasteiger charge is 2.28. The fourth-order valence-corrected chi connectivity index (χ4v) is 2.68. The van der Waals surface area contributed by atoms with E-state index in [9.17, 15) is 0 Å². The summed E-state index contributed by atoms with van der Waals surface area (Å²) in [5.74, 6) is 1.12. The predicted octanol–water partition coefficient (Wildman–Crippen LogP) is 3.91. The van der Waals surface area contributed by atoms with Gasteiger partial charge in [-0.15, -0.1) is 0 Å². The summed E-state index contributed by atoms with van der Waals surface area (Å²) in [6.07, 6.45) is 3.62. The number of hydrogen-bond donors (Lipinski definition) is 1. The van der Waals surface area contributed by atoms with E-state index in [2.05, 4.69) is 23.7 Å². The maximum absolute atomic E-state index is 6.36. The molecule has 1 saturated carbocycles. The Hall–Kier alpha value is -1.06. The molecule has 1 unspecified atom stereocenters. The van der Waals surface area contributed by atoms with Crippen molar-refractivity contribution < 1.29 is 0 Å². The first kappa shape index (κ1) is 12.9. The van der Waals surface area contributed by atoms with Gasteiger partial charge in [-0.05, 0) is 38.3 Å². The molecule has 1 atom stereocenters. The van der Waals surface area contributed by atoms with Gasteiger partial charge in [-0.3, -0.25) is 0 Å². The molecule has 1 heterocycles. The second kappa shape index (κ2) is 5.14. The second-order valence-electron chi connectivity index (χ2n) is 5.43. The zero-order valence-corrected chi connectivity index (χ0v) is 12.2. The van der Waals surface area contributed by atoms with Crippen molar-refractivity contribution in [2.75, 3.05) is 0 Å². The molecule has 0 aliphatic heterocycles. The summed E-state index contributed by atoms with van der Waals surface area (Å²) in [4.78, 5) is 4.76. The van der Waals surface area contributed by atoms with Gasteiger partial charge >= 0.3 is 0 Å². The van der Waals surface area contributed by atoms with Crippen LogP contribution in [0.15, 0.2) is 18.2 Å². The molecule has 1 N–H and O–H groups in total. The van der Waals surface area contributed by atoms with E-state index < -0.39 is 0 Å². The molecule has 3 rings (SSSR count). The zero-order valence-electron chi connectivity index (χ0n) is 11.5. The molecule has 0 amide bonds. The molecule has 102 valence electrons. The van der Waals surface area contributed by atoms with Gasteiger partial charge in [0.15, 0.2) is 0 Å². The van der Waals surface area contributed by atoms with Gasteiger partial charge in [0.2, 0.25) is 0 Å². The molecule has 0 radical (unpaired) electrons. The number of nitrogens with one attached hydrogen (secondary N) is 1. The number of aromatic nitrogens is 2. The third-order valence-electron chi connectivity index (χ3n) is 3.87. The van der Waals surface area contributed by atoms with Crippen molar-refractivity contribution >= 4 is 22.6 Å². The smallest absolute Gasteiger partial charge is 0.124 e. The average Bonchev–Trinajstić information content (AvgIpc) is 3.17. The normalized spacial score (nSPS) is 17.0. The topological polar surface area (TPSA) is 29.9 Å². The lowest BCUT2D eigenvalue weighted by Crippen LogP contribution is -2.26. The van der Waals surface area contributed by atoms with Crippen LogP contribution >= 0.6 is 11.6 Å². The average molecular weight is 278 g/mol. The van der Waals surface area contributed by atoms with Gasteiger partial charge in [0.05, 0.1) is 22.6 Å². The molecule has 0 spiro atoms. The SMILES string of the molecule is CCC(C)NCc1nc2cccc(Cl)c2n1C1CC1. The minimum absolute atomic E-state index is 0.517. The molecule has 0 bridgehead atoms. The van der Waals surface area contributed by atoms with E-state index in [1.165, 1.54) is 12.8 Å². The van der Waals surface area contributed by atoms with Gasteiger partial charge in [-0.1, -0.05) is 24.6 Å². The van der Waals surface area contributed by atoms with Crippen LogP contribution in [0.25, 0.3) is 11.0 Å². The minimum Gasteiger partial charge on any atom is -0.323 e. The molecule has 1 aromatic carbocycles. The van der Waals surface area contributed by atoms with Crippen molar-refractivity contribution in [2.24, 2.45) is 0 Å². The third-order valence-corrected chi connectivity index (χ3v) is 4.17. The summed E-state index contributed by atoms with van der Waals surface area (Å²) < 4.78 is 2.34. The molecule has 4 heteroatoms. The Morgan fingerprint density at radius 2 is 2.26 bits per heavy atom. The van der Waals surface area contributed by atoms with Crippen LogP contribution in [0.1, 0.15) is 45.0 Å². The Morgan fingerprint density at radius 3 is 2.95 bits per heavy atom. The van der Waals surface area contributed by atoms with Crippen LogP contribution in [0.5, 0.6) is 0 Å². The molecular weight excluding hydrogens is 258 g/mol. The molecule has 2 aromatic rings.